The van der Waals surface area contributed by atoms with Gasteiger partial charge in [-0.15, -0.1) is 10.2 Å². The molecule has 0 saturated heterocycles. The average Bonchev–Trinajstić information content (AvgIpc) is 3.05. The van der Waals surface area contributed by atoms with Crippen LogP contribution in [0.25, 0.3) is 0 Å². The lowest BCUT2D eigenvalue weighted by Gasteiger charge is -2.08. The van der Waals surface area contributed by atoms with Crippen LogP contribution in [0.5, 0.6) is 5.75 Å². The van der Waals surface area contributed by atoms with Crippen molar-refractivity contribution in [2.75, 3.05) is 11.1 Å². The fourth-order valence-corrected chi connectivity index (χ4v) is 3.45. The molecule has 0 spiro atoms. The number of anilines is 1. The van der Waals surface area contributed by atoms with Gasteiger partial charge in [0.2, 0.25) is 5.91 Å². The number of nitriles is 1. The summed E-state index contributed by atoms with van der Waals surface area (Å²) >= 11 is 13.3. The van der Waals surface area contributed by atoms with Crippen LogP contribution in [0.2, 0.25) is 10.0 Å². The molecule has 1 N–H and O–H groups in total. The van der Waals surface area contributed by atoms with Gasteiger partial charge in [0.1, 0.15) is 18.4 Å². The number of para-hydroxylation sites is 1. The molecule has 3 aromatic rings. The third kappa shape index (κ3) is 5.41. The molecule has 7 nitrogen and oxygen atoms in total. The standard InChI is InChI=1S/C19H15Cl2N5O2S/c1-26-17(10-28-16-5-3-2-4-14(16)20)24-25-19(26)29-11-18(27)23-13-7-6-12(9-22)15(21)8-13/h2-8H,10-11H2,1H3,(H,23,27). The van der Waals surface area contributed by atoms with Crippen LogP contribution in [-0.2, 0) is 18.4 Å². The predicted octanol–water partition coefficient (Wildman–Crippen LogP) is 4.30. The van der Waals surface area contributed by atoms with Crippen LogP contribution in [0.3, 0.4) is 0 Å². The lowest BCUT2D eigenvalue weighted by Crippen LogP contribution is -2.14. The molecule has 0 aliphatic heterocycles. The van der Waals surface area contributed by atoms with Gasteiger partial charge in [-0.3, -0.25) is 4.79 Å². The molecule has 1 amide bonds. The van der Waals surface area contributed by atoms with Crippen molar-refractivity contribution in [1.82, 2.24) is 14.8 Å². The summed E-state index contributed by atoms with van der Waals surface area (Å²) in [6, 6.07) is 13.9. The smallest absolute Gasteiger partial charge is 0.234 e. The first-order valence-corrected chi connectivity index (χ1v) is 10.1. The summed E-state index contributed by atoms with van der Waals surface area (Å²) in [6.45, 7) is 0.198. The van der Waals surface area contributed by atoms with Gasteiger partial charge in [-0.1, -0.05) is 47.1 Å². The van der Waals surface area contributed by atoms with Gasteiger partial charge in [0.15, 0.2) is 11.0 Å². The second-order valence-corrected chi connectivity index (χ2v) is 7.58. The highest BCUT2D eigenvalue weighted by Gasteiger charge is 2.13. The van der Waals surface area contributed by atoms with Gasteiger partial charge in [0, 0.05) is 12.7 Å². The highest BCUT2D eigenvalue weighted by Crippen LogP contribution is 2.25. The molecule has 0 aliphatic carbocycles. The number of benzene rings is 2. The van der Waals surface area contributed by atoms with Gasteiger partial charge in [0.25, 0.3) is 0 Å². The van der Waals surface area contributed by atoms with Crippen molar-refractivity contribution in [1.29, 1.82) is 5.26 Å². The number of carbonyl (C=O) groups excluding carboxylic acids is 1. The molecule has 148 valence electrons. The molecular formula is C19H15Cl2N5O2S. The molecule has 0 bridgehead atoms. The first-order valence-electron chi connectivity index (χ1n) is 8.36. The summed E-state index contributed by atoms with van der Waals surface area (Å²) < 4.78 is 7.43. The van der Waals surface area contributed by atoms with E-state index in [1.807, 2.05) is 18.2 Å². The van der Waals surface area contributed by atoms with E-state index in [9.17, 15) is 4.79 Å². The van der Waals surface area contributed by atoms with E-state index in [0.29, 0.717) is 33.0 Å². The molecule has 3 rings (SSSR count). The normalized spacial score (nSPS) is 10.4. The minimum absolute atomic E-state index is 0.134. The summed E-state index contributed by atoms with van der Waals surface area (Å²) in [5.74, 6) is 1.07. The number of nitrogens with zero attached hydrogens (tertiary/aromatic N) is 4. The Hall–Kier alpha value is -2.73. The highest BCUT2D eigenvalue weighted by atomic mass is 35.5. The first-order chi connectivity index (χ1) is 14.0. The van der Waals surface area contributed by atoms with Gasteiger partial charge >= 0.3 is 0 Å². The summed E-state index contributed by atoms with van der Waals surface area (Å²) in [6.07, 6.45) is 0. The van der Waals surface area contributed by atoms with E-state index in [1.165, 1.54) is 17.8 Å². The second-order valence-electron chi connectivity index (χ2n) is 5.82. The Bertz CT molecular complexity index is 1080. The topological polar surface area (TPSA) is 92.8 Å². The van der Waals surface area contributed by atoms with Crippen LogP contribution in [0, 0.1) is 11.3 Å². The Morgan fingerprint density at radius 2 is 2.03 bits per heavy atom. The van der Waals surface area contributed by atoms with Gasteiger partial charge < -0.3 is 14.6 Å². The van der Waals surface area contributed by atoms with Crippen molar-refractivity contribution in [3.63, 3.8) is 0 Å². The highest BCUT2D eigenvalue weighted by molar-refractivity contribution is 7.99. The van der Waals surface area contributed by atoms with Gasteiger partial charge in [-0.05, 0) is 30.3 Å². The van der Waals surface area contributed by atoms with Gasteiger partial charge in [-0.2, -0.15) is 5.26 Å². The zero-order valence-corrected chi connectivity index (χ0v) is 17.6. The summed E-state index contributed by atoms with van der Waals surface area (Å²) in [7, 11) is 1.80. The van der Waals surface area contributed by atoms with Crippen LogP contribution < -0.4 is 10.1 Å². The van der Waals surface area contributed by atoms with Crippen LogP contribution in [0.15, 0.2) is 47.6 Å². The molecule has 0 saturated carbocycles. The van der Waals surface area contributed by atoms with Crippen LogP contribution in [0.1, 0.15) is 11.4 Å². The van der Waals surface area contributed by atoms with Crippen molar-refractivity contribution in [3.05, 3.63) is 63.9 Å². The third-order valence-electron chi connectivity index (χ3n) is 3.82. The Labute approximate surface area is 181 Å². The number of ether oxygens (including phenoxy) is 1. The third-order valence-corrected chi connectivity index (χ3v) is 5.47. The molecule has 29 heavy (non-hydrogen) atoms. The van der Waals surface area contributed by atoms with Crippen molar-refractivity contribution in [2.24, 2.45) is 7.05 Å². The van der Waals surface area contributed by atoms with Crippen LogP contribution >= 0.6 is 35.0 Å². The number of thioether (sulfide) groups is 1. The first kappa shape index (κ1) is 21.0. The number of aromatic nitrogens is 3. The lowest BCUT2D eigenvalue weighted by molar-refractivity contribution is -0.113. The molecule has 0 fully saturated rings. The van der Waals surface area contributed by atoms with Crippen LogP contribution in [0.4, 0.5) is 5.69 Å². The summed E-state index contributed by atoms with van der Waals surface area (Å²) in [4.78, 5) is 12.2. The Kier molecular flexibility index (Phi) is 6.99. The zero-order valence-electron chi connectivity index (χ0n) is 15.2. The van der Waals surface area contributed by atoms with E-state index >= 15 is 0 Å². The molecule has 0 unspecified atom stereocenters. The van der Waals surface area contributed by atoms with Crippen molar-refractivity contribution in [3.8, 4) is 11.8 Å². The summed E-state index contributed by atoms with van der Waals surface area (Å²) in [5, 5.41) is 21.2. The monoisotopic (exact) mass is 447 g/mol. The van der Waals surface area contributed by atoms with Gasteiger partial charge in [-0.25, -0.2) is 0 Å². The Balaban J connectivity index is 1.54. The van der Waals surface area contributed by atoms with Crippen molar-refractivity contribution >= 4 is 46.6 Å². The lowest BCUT2D eigenvalue weighted by atomic mass is 10.2. The number of halogens is 2. The van der Waals surface area contributed by atoms with E-state index < -0.39 is 0 Å². The number of hydrogen-bond donors (Lipinski definition) is 1. The molecule has 0 atom stereocenters. The van der Waals surface area contributed by atoms with E-state index in [2.05, 4.69) is 15.5 Å². The Morgan fingerprint density at radius 3 is 2.76 bits per heavy atom. The maximum atomic E-state index is 12.2. The minimum Gasteiger partial charge on any atom is -0.484 e. The SMILES string of the molecule is Cn1c(COc2ccccc2Cl)nnc1SCC(=O)Nc1ccc(C#N)c(Cl)c1. The van der Waals surface area contributed by atoms with E-state index in [1.54, 1.807) is 35.9 Å². The molecule has 2 aromatic carbocycles. The fourth-order valence-electron chi connectivity index (χ4n) is 2.31. The number of carbonyl (C=O) groups is 1. The zero-order chi connectivity index (χ0) is 20.8. The van der Waals surface area contributed by atoms with Crippen molar-refractivity contribution < 1.29 is 9.53 Å². The molecule has 1 heterocycles. The average molecular weight is 448 g/mol. The van der Waals surface area contributed by atoms with E-state index in [4.69, 9.17) is 33.2 Å². The maximum absolute atomic E-state index is 12.2. The number of rotatable bonds is 7. The van der Waals surface area contributed by atoms with Crippen LogP contribution in [-0.4, -0.2) is 26.4 Å². The van der Waals surface area contributed by atoms with Crippen molar-refractivity contribution in [2.45, 2.75) is 11.8 Å². The molecule has 10 heteroatoms. The maximum Gasteiger partial charge on any atom is 0.234 e. The summed E-state index contributed by atoms with van der Waals surface area (Å²) in [5.41, 5.74) is 0.871. The Morgan fingerprint density at radius 1 is 1.24 bits per heavy atom. The van der Waals surface area contributed by atoms with E-state index in [0.717, 1.165) is 0 Å². The van der Waals surface area contributed by atoms with Gasteiger partial charge in [0.05, 0.1) is 21.4 Å². The molecule has 0 radical (unpaired) electrons. The minimum atomic E-state index is -0.229. The number of nitrogens with one attached hydrogen (secondary N) is 1. The number of hydrogen-bond acceptors (Lipinski definition) is 6. The second kappa shape index (κ2) is 9.65. The fraction of sp³-hybridized carbons (Fsp3) is 0.158. The number of amides is 1. The predicted molar refractivity (Wildman–Crippen MR) is 112 cm³/mol. The molecule has 1 aromatic heterocycles. The van der Waals surface area contributed by atoms with E-state index in [-0.39, 0.29) is 23.3 Å². The quantitative estimate of drug-likeness (QED) is 0.542. The molecular weight excluding hydrogens is 433 g/mol. The molecule has 0 aliphatic rings. The largest absolute Gasteiger partial charge is 0.484 e.